The number of carbonyl (C=O) groups excluding carboxylic acids is 2. The van der Waals surface area contributed by atoms with Gasteiger partial charge in [-0.2, -0.15) is 18.3 Å². The summed E-state index contributed by atoms with van der Waals surface area (Å²) < 4.78 is 53.9. The van der Waals surface area contributed by atoms with Crippen molar-refractivity contribution in [2.75, 3.05) is 56.2 Å². The van der Waals surface area contributed by atoms with Crippen molar-refractivity contribution in [2.45, 2.75) is 44.2 Å². The summed E-state index contributed by atoms with van der Waals surface area (Å²) in [5, 5.41) is 23.6. The van der Waals surface area contributed by atoms with E-state index in [4.69, 9.17) is 83.4 Å². The van der Waals surface area contributed by atoms with E-state index in [1.54, 1.807) is 24.2 Å². The number of nitro groups is 1. The van der Waals surface area contributed by atoms with Crippen LogP contribution in [0.5, 0.6) is 0 Å². The number of hydrogen-bond donors (Lipinski definition) is 5. The van der Waals surface area contributed by atoms with Crippen LogP contribution in [0.3, 0.4) is 0 Å². The Hall–Kier alpha value is -3.95. The first kappa shape index (κ1) is 58.0. The van der Waals surface area contributed by atoms with Gasteiger partial charge in [0.25, 0.3) is 5.91 Å². The molecule has 1 heterocycles. The topological polar surface area (TPSA) is 244 Å². The Kier molecular flexibility index (Phi) is 26.2. The van der Waals surface area contributed by atoms with Crippen LogP contribution in [0, 0.1) is 17.0 Å². The maximum absolute atomic E-state index is 12.6. The number of aromatic nitrogens is 2. The highest BCUT2D eigenvalue weighted by Gasteiger charge is 2.33. The van der Waals surface area contributed by atoms with Gasteiger partial charge in [-0.15, -0.1) is 24.8 Å². The van der Waals surface area contributed by atoms with Gasteiger partial charge in [0.1, 0.15) is 17.8 Å². The number of benzene rings is 2. The third kappa shape index (κ3) is 19.6. The number of aliphatic carboxylic acids is 1. The number of rotatable bonds is 17. The molecule has 0 aliphatic rings. The average Bonchev–Trinajstić information content (AvgIpc) is 3.55. The number of nitrogen functional groups attached to an aromatic ring is 1. The van der Waals surface area contributed by atoms with Crippen LogP contribution < -0.4 is 16.0 Å². The van der Waals surface area contributed by atoms with Crippen molar-refractivity contribution in [3.63, 3.8) is 0 Å². The van der Waals surface area contributed by atoms with Gasteiger partial charge in [0, 0.05) is 20.2 Å². The average molecular weight is 1000 g/mol. The number of alkyl halides is 6. The van der Waals surface area contributed by atoms with Crippen LogP contribution in [0.2, 0.25) is 10.0 Å². The SMILES string of the molecule is C=CCN(CC=C)C(=O)C(Cl)Cl.CCc1cccc(C)c1N(C(=O)CCl)C(C)COC.Nc1c([N+](=O)[O-])cnn1-c1c(Cl)cc(C(F)(F)F)cc1Cl.O=C(O)CNCP(=O)(O)O. The zero-order chi connectivity index (χ0) is 48.1. The molecule has 0 bridgehead atoms. The molecule has 62 heavy (non-hydrogen) atoms. The van der Waals surface area contributed by atoms with E-state index in [-0.39, 0.29) is 39.5 Å². The molecule has 1 atom stereocenters. The smallest absolute Gasteiger partial charge is 0.416 e. The first-order valence-electron chi connectivity index (χ1n) is 17.5. The fourth-order valence-corrected chi connectivity index (χ4v) is 6.39. The summed E-state index contributed by atoms with van der Waals surface area (Å²) in [5.74, 6) is -1.98. The Morgan fingerprint density at radius 3 is 2.08 bits per heavy atom. The molecule has 2 amide bonds. The number of ether oxygens (including phenoxy) is 1. The van der Waals surface area contributed by atoms with Crippen LogP contribution in [-0.4, -0.2) is 109 Å². The first-order chi connectivity index (χ1) is 28.7. The Morgan fingerprint density at radius 2 is 1.69 bits per heavy atom. The number of nitrogens with two attached hydrogens (primary N) is 1. The molecule has 6 N–H and O–H groups in total. The number of amides is 2. The minimum Gasteiger partial charge on any atom is -0.480 e. The van der Waals surface area contributed by atoms with Gasteiger partial charge in [0.2, 0.25) is 11.7 Å². The predicted molar refractivity (Wildman–Crippen MR) is 235 cm³/mol. The quantitative estimate of drug-likeness (QED) is 0.0287. The Labute approximate surface area is 380 Å². The number of carbonyl (C=O) groups is 3. The van der Waals surface area contributed by atoms with Crippen LogP contribution in [0.15, 0.2) is 61.8 Å². The summed E-state index contributed by atoms with van der Waals surface area (Å²) in [7, 11) is -2.46. The summed E-state index contributed by atoms with van der Waals surface area (Å²) in [4.78, 5) is 61.6. The van der Waals surface area contributed by atoms with Gasteiger partial charge in [-0.3, -0.25) is 34.4 Å². The number of para-hydroxylation sites is 1. The predicted octanol–water partition coefficient (Wildman–Crippen LogP) is 7.64. The molecule has 0 aliphatic heterocycles. The van der Waals surface area contributed by atoms with Crippen molar-refractivity contribution in [1.82, 2.24) is 20.0 Å². The van der Waals surface area contributed by atoms with E-state index in [0.717, 1.165) is 34.1 Å². The van der Waals surface area contributed by atoms with Crippen molar-refractivity contribution in [3.8, 4) is 5.69 Å². The molecule has 0 radical (unpaired) electrons. The molecular weight excluding hydrogens is 956 g/mol. The molecule has 0 saturated heterocycles. The second kappa shape index (κ2) is 28.0. The number of methoxy groups -OCH3 is 1. The fourth-order valence-electron chi connectivity index (χ4n) is 4.93. The normalized spacial score (nSPS) is 11.4. The van der Waals surface area contributed by atoms with E-state index in [1.807, 2.05) is 26.0 Å². The Morgan fingerprint density at radius 1 is 1.15 bits per heavy atom. The Bertz CT molecular complexity index is 2010. The lowest BCUT2D eigenvalue weighted by atomic mass is 10.0. The number of carboxylic acid groups (broad SMARTS) is 1. The highest BCUT2D eigenvalue weighted by Crippen LogP contribution is 2.39. The van der Waals surface area contributed by atoms with Crippen molar-refractivity contribution in [1.29, 1.82) is 0 Å². The molecule has 0 aliphatic carbocycles. The fraction of sp³-hybridized carbons (Fsp3) is 0.389. The van der Waals surface area contributed by atoms with E-state index in [1.165, 1.54) is 4.90 Å². The zero-order valence-electron chi connectivity index (χ0n) is 33.6. The number of nitrogens with one attached hydrogen (secondary N) is 1. The molecule has 26 heteroatoms. The van der Waals surface area contributed by atoms with Gasteiger partial charge in [0.05, 0.1) is 51.7 Å². The molecular formula is C36H46Cl5F3N7O10P. The number of halogens is 8. The van der Waals surface area contributed by atoms with Crippen LogP contribution in [0.1, 0.15) is 30.5 Å². The van der Waals surface area contributed by atoms with Crippen molar-refractivity contribution >= 4 is 101 Å². The van der Waals surface area contributed by atoms with Gasteiger partial charge in [-0.25, -0.2) is 4.68 Å². The first-order valence-corrected chi connectivity index (χ1v) is 21.5. The summed E-state index contributed by atoms with van der Waals surface area (Å²) >= 11 is 28.1. The monoisotopic (exact) mass is 999 g/mol. The van der Waals surface area contributed by atoms with Crippen molar-refractivity contribution in [2.24, 2.45) is 0 Å². The number of hydrogen-bond acceptors (Lipinski definition) is 10. The van der Waals surface area contributed by atoms with Crippen molar-refractivity contribution < 1.29 is 56.7 Å². The molecule has 17 nitrogen and oxygen atoms in total. The molecule has 1 aromatic heterocycles. The van der Waals surface area contributed by atoms with E-state index >= 15 is 0 Å². The van der Waals surface area contributed by atoms with Gasteiger partial charge >= 0.3 is 25.4 Å². The molecule has 2 aromatic carbocycles. The summed E-state index contributed by atoms with van der Waals surface area (Å²) in [5.41, 5.74) is 6.99. The van der Waals surface area contributed by atoms with Gasteiger partial charge in [0.15, 0.2) is 4.84 Å². The minimum atomic E-state index is -4.63. The second-order valence-corrected chi connectivity index (χ2v) is 16.1. The number of anilines is 2. The standard InChI is InChI=1S/C15H22ClNO2.C10H5Cl2F3N4O2.C8H11Cl2NO.C3H8NO5P/c1-5-13-8-6-7-11(2)15(13)17(14(18)9-16)12(3)10-19-4;11-5-1-4(10(13,14)15)2-6(12)8(5)18-9(16)7(3-17-18)19(20)21;1-3-5-11(6-4-2)8(12)7(9)10;5-3(6)1-4-2-10(7,8)9/h6-8,12H,5,9-10H2,1-4H3;1-3H,16H2;3-4,7H,1-2,5-6H2;4H,1-2H2,(H,5,6)(H2,7,8,9). The largest absolute Gasteiger partial charge is 0.480 e. The van der Waals surface area contributed by atoms with Crippen LogP contribution in [0.25, 0.3) is 5.69 Å². The summed E-state index contributed by atoms with van der Waals surface area (Å²) in [6, 6.07) is 7.31. The maximum Gasteiger partial charge on any atom is 0.416 e. The molecule has 0 spiro atoms. The number of aryl methyl sites for hydroxylation is 2. The zero-order valence-corrected chi connectivity index (χ0v) is 38.3. The highest BCUT2D eigenvalue weighted by molar-refractivity contribution is 7.51. The summed E-state index contributed by atoms with van der Waals surface area (Å²) in [6.45, 7) is 14.0. The maximum atomic E-state index is 12.6. The van der Waals surface area contributed by atoms with Crippen molar-refractivity contribution in [3.05, 3.63) is 98.7 Å². The lowest BCUT2D eigenvalue weighted by molar-refractivity contribution is -0.383. The van der Waals surface area contributed by atoms with E-state index in [2.05, 4.69) is 36.6 Å². The lowest BCUT2D eigenvalue weighted by Gasteiger charge is -2.31. The number of nitrogens with zero attached hydrogens (tertiary/aromatic N) is 5. The highest BCUT2D eigenvalue weighted by atomic mass is 35.5. The molecule has 0 saturated carbocycles. The summed E-state index contributed by atoms with van der Waals surface area (Å²) in [6.07, 6.45) is -0.287. The molecule has 3 aromatic rings. The minimum absolute atomic E-state index is 0.0223. The van der Waals surface area contributed by atoms with Crippen LogP contribution in [0.4, 0.5) is 30.4 Å². The van der Waals surface area contributed by atoms with E-state index < -0.39 is 59.4 Å². The molecule has 3 rings (SSSR count). The Balaban J connectivity index is 0.000000837. The van der Waals surface area contributed by atoms with Gasteiger partial charge < -0.3 is 35.2 Å². The van der Waals surface area contributed by atoms with E-state index in [9.17, 15) is 42.2 Å². The second-order valence-electron chi connectivity index (χ2n) is 12.3. The third-order valence-corrected chi connectivity index (χ3v) is 9.32. The van der Waals surface area contributed by atoms with Gasteiger partial charge in [-0.05, 0) is 43.5 Å². The lowest BCUT2D eigenvalue weighted by Crippen LogP contribution is -2.43. The van der Waals surface area contributed by atoms with Gasteiger partial charge in [-0.1, -0.05) is 83.7 Å². The van der Waals surface area contributed by atoms with E-state index in [0.29, 0.717) is 31.8 Å². The van der Waals surface area contributed by atoms with Crippen LogP contribution >= 0.6 is 65.6 Å². The van der Waals surface area contributed by atoms with Crippen LogP contribution in [-0.2, 0) is 36.3 Å². The molecule has 1 unspecified atom stereocenters. The molecule has 346 valence electrons. The molecule has 0 fully saturated rings. The number of carboxylic acids is 1. The third-order valence-electron chi connectivity index (χ3n) is 7.50.